The molecule has 1 saturated carbocycles. The first-order valence-corrected chi connectivity index (χ1v) is 5.62. The van der Waals surface area contributed by atoms with Crippen LogP contribution in [0.5, 0.6) is 0 Å². The van der Waals surface area contributed by atoms with Gasteiger partial charge in [0.15, 0.2) is 0 Å². The molecular formula is C11H17NO4. The van der Waals surface area contributed by atoms with Crippen LogP contribution in [0.2, 0.25) is 0 Å². The van der Waals surface area contributed by atoms with Crippen LogP contribution in [0.4, 0.5) is 0 Å². The van der Waals surface area contributed by atoms with Crippen molar-refractivity contribution < 1.29 is 19.8 Å². The number of fused-ring (bicyclic) bond motifs is 2. The Kier molecular flexibility index (Phi) is 3.28. The van der Waals surface area contributed by atoms with Crippen molar-refractivity contribution in [3.05, 3.63) is 12.2 Å². The highest BCUT2D eigenvalue weighted by Gasteiger charge is 2.42. The maximum absolute atomic E-state index is 10.8. The maximum atomic E-state index is 10.8. The zero-order valence-electron chi connectivity index (χ0n) is 9.06. The van der Waals surface area contributed by atoms with E-state index >= 15 is 0 Å². The second-order valence-electron chi connectivity index (χ2n) is 4.55. The van der Waals surface area contributed by atoms with Gasteiger partial charge in [0.25, 0.3) is 0 Å². The van der Waals surface area contributed by atoms with E-state index in [9.17, 15) is 4.79 Å². The van der Waals surface area contributed by atoms with Gasteiger partial charge in [0, 0.05) is 6.61 Å². The molecule has 2 unspecified atom stereocenters. The molecule has 3 atom stereocenters. The van der Waals surface area contributed by atoms with E-state index in [1.165, 1.54) is 0 Å². The second kappa shape index (κ2) is 4.53. The van der Waals surface area contributed by atoms with Crippen molar-refractivity contribution in [2.24, 2.45) is 5.92 Å². The lowest BCUT2D eigenvalue weighted by atomic mass is 10.0. The molecule has 2 bridgehead atoms. The van der Waals surface area contributed by atoms with E-state index in [2.05, 4.69) is 11.6 Å². The molecule has 2 aliphatic carbocycles. The molecule has 0 heterocycles. The predicted octanol–water partition coefficient (Wildman–Crippen LogP) is 0.452. The molecule has 0 amide bonds. The summed E-state index contributed by atoms with van der Waals surface area (Å²) in [4.78, 5) is 16.4. The first-order valence-electron chi connectivity index (χ1n) is 5.62. The summed E-state index contributed by atoms with van der Waals surface area (Å²) in [6, 6.07) is -0.840. The maximum Gasteiger partial charge on any atom is 0.323 e. The normalized spacial score (nSPS) is 33.2. The van der Waals surface area contributed by atoms with E-state index < -0.39 is 12.0 Å². The summed E-state index contributed by atoms with van der Waals surface area (Å²) in [6.45, 7) is -0.168. The van der Waals surface area contributed by atoms with Gasteiger partial charge >= 0.3 is 5.97 Å². The number of aliphatic hydroxyl groups excluding tert-OH is 1. The fourth-order valence-electron chi connectivity index (χ4n) is 2.38. The Morgan fingerprint density at radius 1 is 1.69 bits per heavy atom. The van der Waals surface area contributed by atoms with Gasteiger partial charge in [-0.15, -0.1) is 0 Å². The zero-order chi connectivity index (χ0) is 11.6. The van der Waals surface area contributed by atoms with Crippen LogP contribution in [-0.2, 0) is 9.63 Å². The van der Waals surface area contributed by atoms with E-state index in [0.29, 0.717) is 5.92 Å². The molecule has 5 nitrogen and oxygen atoms in total. The van der Waals surface area contributed by atoms with Crippen molar-refractivity contribution in [3.8, 4) is 0 Å². The van der Waals surface area contributed by atoms with Crippen LogP contribution in [0.25, 0.3) is 0 Å². The third-order valence-corrected chi connectivity index (χ3v) is 3.34. The molecule has 0 aromatic carbocycles. The van der Waals surface area contributed by atoms with Crippen molar-refractivity contribution in [2.75, 3.05) is 6.61 Å². The predicted molar refractivity (Wildman–Crippen MR) is 56.6 cm³/mol. The summed E-state index contributed by atoms with van der Waals surface area (Å²) in [5.41, 5.74) is 2.26. The molecule has 0 radical (unpaired) electrons. The lowest BCUT2D eigenvalue weighted by Crippen LogP contribution is -2.43. The molecule has 90 valence electrons. The van der Waals surface area contributed by atoms with Crippen molar-refractivity contribution in [3.63, 3.8) is 0 Å². The average molecular weight is 227 g/mol. The van der Waals surface area contributed by atoms with Crippen molar-refractivity contribution in [2.45, 2.75) is 37.3 Å². The molecule has 0 aliphatic heterocycles. The molecule has 0 spiro atoms. The Labute approximate surface area is 94.1 Å². The Bertz CT molecular complexity index is 304. The minimum Gasteiger partial charge on any atom is -0.480 e. The van der Waals surface area contributed by atoms with E-state index in [0.717, 1.165) is 19.3 Å². The van der Waals surface area contributed by atoms with E-state index in [4.69, 9.17) is 15.1 Å². The second-order valence-corrected chi connectivity index (χ2v) is 4.55. The highest BCUT2D eigenvalue weighted by atomic mass is 16.7. The number of carbonyl (C=O) groups is 1. The van der Waals surface area contributed by atoms with Gasteiger partial charge in [-0.2, -0.15) is 5.48 Å². The Morgan fingerprint density at radius 2 is 2.50 bits per heavy atom. The molecule has 0 aromatic rings. The molecule has 0 aromatic heterocycles. The van der Waals surface area contributed by atoms with Crippen LogP contribution in [0.15, 0.2) is 12.2 Å². The molecule has 2 rings (SSSR count). The molecule has 5 heteroatoms. The van der Waals surface area contributed by atoms with Crippen LogP contribution in [0.3, 0.4) is 0 Å². The number of nitrogens with one attached hydrogen (secondary N) is 1. The summed E-state index contributed by atoms with van der Waals surface area (Å²) >= 11 is 0. The van der Waals surface area contributed by atoms with E-state index in [-0.39, 0.29) is 18.6 Å². The number of hydrogen-bond donors (Lipinski definition) is 3. The fourth-order valence-corrected chi connectivity index (χ4v) is 2.38. The first kappa shape index (κ1) is 11.6. The smallest absolute Gasteiger partial charge is 0.323 e. The number of aliphatic carboxylic acids is 1. The van der Waals surface area contributed by atoms with Crippen LogP contribution in [-0.4, -0.2) is 34.4 Å². The monoisotopic (exact) mass is 227 g/mol. The summed E-state index contributed by atoms with van der Waals surface area (Å²) in [5, 5.41) is 17.6. The molecule has 16 heavy (non-hydrogen) atoms. The highest BCUT2D eigenvalue weighted by molar-refractivity contribution is 5.73. The number of carboxylic acid groups (broad SMARTS) is 1. The van der Waals surface area contributed by atoms with Crippen LogP contribution in [0, 0.1) is 5.92 Å². The first-order chi connectivity index (χ1) is 7.65. The third kappa shape index (κ3) is 2.26. The number of aliphatic hydroxyl groups is 1. The Balaban J connectivity index is 1.86. The Hall–Kier alpha value is -0.910. The highest BCUT2D eigenvalue weighted by Crippen LogP contribution is 2.44. The molecule has 2 aliphatic rings. The van der Waals surface area contributed by atoms with Gasteiger partial charge in [0.1, 0.15) is 11.6 Å². The summed E-state index contributed by atoms with van der Waals surface area (Å²) in [7, 11) is 0. The number of hydrogen-bond acceptors (Lipinski definition) is 4. The SMILES string of the molecule is O=C(O)[C@H](CCO)NOC12C=CC(CC1)C2. The van der Waals surface area contributed by atoms with Gasteiger partial charge in [-0.3, -0.25) is 9.63 Å². The largest absolute Gasteiger partial charge is 0.480 e. The van der Waals surface area contributed by atoms with Gasteiger partial charge in [0.2, 0.25) is 0 Å². The molecular weight excluding hydrogens is 210 g/mol. The van der Waals surface area contributed by atoms with Gasteiger partial charge < -0.3 is 10.2 Å². The summed E-state index contributed by atoms with van der Waals surface area (Å²) in [5.74, 6) is -0.412. The van der Waals surface area contributed by atoms with Crippen LogP contribution >= 0.6 is 0 Å². The van der Waals surface area contributed by atoms with Crippen molar-refractivity contribution >= 4 is 5.97 Å². The number of rotatable bonds is 6. The van der Waals surface area contributed by atoms with Gasteiger partial charge in [-0.25, -0.2) is 0 Å². The van der Waals surface area contributed by atoms with Gasteiger partial charge in [0.05, 0.1) is 0 Å². The average Bonchev–Trinajstić information content (AvgIpc) is 2.84. The minimum absolute atomic E-state index is 0.151. The quantitative estimate of drug-likeness (QED) is 0.453. The van der Waals surface area contributed by atoms with Crippen LogP contribution < -0.4 is 5.48 Å². The van der Waals surface area contributed by atoms with E-state index in [1.54, 1.807) is 0 Å². The van der Waals surface area contributed by atoms with Crippen molar-refractivity contribution in [1.29, 1.82) is 0 Å². The third-order valence-electron chi connectivity index (χ3n) is 3.34. The van der Waals surface area contributed by atoms with Crippen LogP contribution in [0.1, 0.15) is 25.7 Å². The zero-order valence-corrected chi connectivity index (χ0v) is 9.06. The fraction of sp³-hybridized carbons (Fsp3) is 0.727. The summed E-state index contributed by atoms with van der Waals surface area (Å²) < 4.78 is 0. The number of hydroxylamine groups is 1. The molecule has 1 fully saturated rings. The lowest BCUT2D eigenvalue weighted by molar-refractivity contribution is -0.150. The number of allylic oxidation sites excluding steroid dienone is 1. The van der Waals surface area contributed by atoms with Gasteiger partial charge in [-0.05, 0) is 31.6 Å². The topological polar surface area (TPSA) is 78.8 Å². The van der Waals surface area contributed by atoms with E-state index in [1.807, 2.05) is 6.08 Å². The van der Waals surface area contributed by atoms with Gasteiger partial charge in [-0.1, -0.05) is 12.2 Å². The van der Waals surface area contributed by atoms with Crippen molar-refractivity contribution in [1.82, 2.24) is 5.48 Å². The standard InChI is InChI=1S/C11H17NO4/c13-6-3-9(10(14)15)12-16-11-4-1-8(7-11)2-5-11/h1,4,8-9,12-13H,2-3,5-7H2,(H,14,15)/t8?,9-,11?/m0/s1. The lowest BCUT2D eigenvalue weighted by Gasteiger charge is -2.26. The molecule has 3 N–H and O–H groups in total. The summed E-state index contributed by atoms with van der Waals surface area (Å²) in [6.07, 6.45) is 7.28. The molecule has 0 saturated heterocycles. The minimum atomic E-state index is -0.998. The Morgan fingerprint density at radius 3 is 2.94 bits per heavy atom. The number of carboxylic acids is 1.